The number of hydrogen-bond donors (Lipinski definition) is 0. The lowest BCUT2D eigenvalue weighted by molar-refractivity contribution is -0.149. The van der Waals surface area contributed by atoms with E-state index in [9.17, 15) is 4.79 Å². The van der Waals surface area contributed by atoms with Gasteiger partial charge in [0.15, 0.2) is 0 Å². The van der Waals surface area contributed by atoms with Gasteiger partial charge in [0.2, 0.25) is 0 Å². The minimum Gasteiger partial charge on any atom is -0.463 e. The van der Waals surface area contributed by atoms with Crippen molar-refractivity contribution in [3.8, 4) is 11.1 Å². The average molecular weight is 374 g/mol. The van der Waals surface area contributed by atoms with Crippen LogP contribution in [0.1, 0.15) is 38.3 Å². The fraction of sp³-hybridized carbons (Fsp3) is 0.409. The predicted octanol–water partition coefficient (Wildman–Crippen LogP) is 4.67. The Morgan fingerprint density at radius 3 is 1.88 bits per heavy atom. The zero-order valence-corrected chi connectivity index (χ0v) is 16.6. The van der Waals surface area contributed by atoms with Gasteiger partial charge in [-0.05, 0) is 41.8 Å². The van der Waals surface area contributed by atoms with Crippen LogP contribution in [0, 0.1) is 0 Å². The maximum atomic E-state index is 13.2. The normalized spacial score (nSPS) is 13.7. The van der Waals surface area contributed by atoms with Gasteiger partial charge in [0.05, 0.1) is 0 Å². The fourth-order valence-electron chi connectivity index (χ4n) is 4.00. The topological polar surface area (TPSA) is 29.5 Å². The number of likely N-dealkylation sites (N-methyl/N-ethyl adjacent to an activating group) is 1. The number of esters is 1. The molecule has 0 aromatic heterocycles. The van der Waals surface area contributed by atoms with Crippen LogP contribution in [0.4, 0.5) is 0 Å². The summed E-state index contributed by atoms with van der Waals surface area (Å²) in [4.78, 5) is 15.5. The van der Waals surface area contributed by atoms with E-state index >= 15 is 0 Å². The van der Waals surface area contributed by atoms with Crippen molar-refractivity contribution in [1.82, 2.24) is 4.90 Å². The van der Waals surface area contributed by atoms with Gasteiger partial charge in [0.1, 0.15) is 12.0 Å². The molecule has 0 radical (unpaired) electrons. The zero-order chi connectivity index (χ0) is 17.9. The number of fused-ring (bicyclic) bond motifs is 3. The third kappa shape index (κ3) is 3.26. The molecule has 0 N–H and O–H groups in total. The van der Waals surface area contributed by atoms with Crippen LogP contribution in [-0.4, -0.2) is 37.1 Å². The summed E-state index contributed by atoms with van der Waals surface area (Å²) in [5.41, 5.74) is 3.77. The Balaban J connectivity index is 0.00000243. The van der Waals surface area contributed by atoms with E-state index in [0.29, 0.717) is 13.0 Å². The summed E-state index contributed by atoms with van der Waals surface area (Å²) in [6, 6.07) is 16.5. The van der Waals surface area contributed by atoms with Gasteiger partial charge >= 0.3 is 5.97 Å². The summed E-state index contributed by atoms with van der Waals surface area (Å²) >= 11 is 0. The maximum Gasteiger partial charge on any atom is 0.321 e. The summed E-state index contributed by atoms with van der Waals surface area (Å²) in [5.74, 6) is -0.125. The van der Waals surface area contributed by atoms with Crippen molar-refractivity contribution in [2.75, 3.05) is 26.2 Å². The molecule has 0 amide bonds. The third-order valence-corrected chi connectivity index (χ3v) is 5.48. The smallest absolute Gasteiger partial charge is 0.321 e. The van der Waals surface area contributed by atoms with Crippen LogP contribution >= 0.6 is 12.4 Å². The van der Waals surface area contributed by atoms with Gasteiger partial charge in [0, 0.05) is 6.54 Å². The molecule has 1 aliphatic carbocycles. The van der Waals surface area contributed by atoms with Gasteiger partial charge in [-0.3, -0.25) is 4.79 Å². The van der Waals surface area contributed by atoms with E-state index in [1.54, 1.807) is 0 Å². The first kappa shape index (κ1) is 20.5. The quantitative estimate of drug-likeness (QED) is 0.660. The highest BCUT2D eigenvalue weighted by molar-refractivity contribution is 5.97. The van der Waals surface area contributed by atoms with Crippen molar-refractivity contribution in [1.29, 1.82) is 0 Å². The monoisotopic (exact) mass is 373 g/mol. The Kier molecular flexibility index (Phi) is 6.85. The van der Waals surface area contributed by atoms with Crippen molar-refractivity contribution >= 4 is 18.4 Å². The third-order valence-electron chi connectivity index (χ3n) is 5.48. The summed E-state index contributed by atoms with van der Waals surface area (Å²) in [6.07, 6.45) is 0.700. The van der Waals surface area contributed by atoms with Gasteiger partial charge in [-0.25, -0.2) is 0 Å². The molecule has 0 heterocycles. The summed E-state index contributed by atoms with van der Waals surface area (Å²) in [5, 5.41) is 0. The molecule has 3 rings (SSSR count). The van der Waals surface area contributed by atoms with Crippen LogP contribution in [0.5, 0.6) is 0 Å². The average Bonchev–Trinajstić information content (AvgIpc) is 2.96. The van der Waals surface area contributed by atoms with Crippen LogP contribution in [-0.2, 0) is 14.9 Å². The Bertz CT molecular complexity index is 710. The van der Waals surface area contributed by atoms with Crippen molar-refractivity contribution < 1.29 is 9.53 Å². The number of carbonyl (C=O) groups excluding carboxylic acids is 1. The maximum absolute atomic E-state index is 13.2. The summed E-state index contributed by atoms with van der Waals surface area (Å²) in [7, 11) is 0. The molecule has 0 unspecified atom stereocenters. The van der Waals surface area contributed by atoms with E-state index in [4.69, 9.17) is 4.74 Å². The molecule has 2 aromatic carbocycles. The number of benzene rings is 2. The van der Waals surface area contributed by atoms with Crippen LogP contribution < -0.4 is 0 Å². The number of halogens is 1. The first-order valence-corrected chi connectivity index (χ1v) is 9.28. The molecule has 26 heavy (non-hydrogen) atoms. The molecule has 0 saturated heterocycles. The molecule has 2 aromatic rings. The highest BCUT2D eigenvalue weighted by Crippen LogP contribution is 2.51. The van der Waals surface area contributed by atoms with E-state index in [2.05, 4.69) is 49.9 Å². The number of ether oxygens (including phenoxy) is 1. The van der Waals surface area contributed by atoms with E-state index < -0.39 is 5.41 Å². The number of carbonyl (C=O) groups is 1. The van der Waals surface area contributed by atoms with Gasteiger partial charge < -0.3 is 9.64 Å². The fourth-order valence-corrected chi connectivity index (χ4v) is 4.00. The van der Waals surface area contributed by atoms with E-state index in [1.807, 2.05) is 24.3 Å². The summed E-state index contributed by atoms with van der Waals surface area (Å²) < 4.78 is 5.79. The van der Waals surface area contributed by atoms with Crippen molar-refractivity contribution in [3.05, 3.63) is 59.7 Å². The van der Waals surface area contributed by atoms with Crippen LogP contribution in [0.15, 0.2) is 48.5 Å². The lowest BCUT2D eigenvalue weighted by Gasteiger charge is -2.29. The largest absolute Gasteiger partial charge is 0.463 e. The molecular weight excluding hydrogens is 346 g/mol. The molecule has 1 aliphatic rings. The first-order valence-electron chi connectivity index (χ1n) is 9.28. The molecule has 0 atom stereocenters. The van der Waals surface area contributed by atoms with Crippen molar-refractivity contribution in [2.45, 2.75) is 32.6 Å². The Hall–Kier alpha value is -1.84. The molecular formula is C22H28ClNO2. The molecule has 0 bridgehead atoms. The standard InChI is InChI=1S/C22H27NO2.ClH/c1-4-22(21(24)25-16-15-23(5-2)6-3)19-13-9-7-11-17(19)18-12-8-10-14-20(18)22;/h7-14H,4-6,15-16H2,1-3H3;1H. The van der Waals surface area contributed by atoms with E-state index in [0.717, 1.165) is 41.9 Å². The minimum absolute atomic E-state index is 0. The number of rotatable bonds is 7. The lowest BCUT2D eigenvalue weighted by Crippen LogP contribution is -2.38. The van der Waals surface area contributed by atoms with Gasteiger partial charge in [-0.15, -0.1) is 12.4 Å². The van der Waals surface area contributed by atoms with Crippen molar-refractivity contribution in [3.63, 3.8) is 0 Å². The minimum atomic E-state index is -0.684. The van der Waals surface area contributed by atoms with Crippen LogP contribution in [0.2, 0.25) is 0 Å². The molecule has 0 aliphatic heterocycles. The Morgan fingerprint density at radius 2 is 1.42 bits per heavy atom. The first-order chi connectivity index (χ1) is 12.2. The van der Waals surface area contributed by atoms with Crippen molar-refractivity contribution in [2.24, 2.45) is 0 Å². The lowest BCUT2D eigenvalue weighted by atomic mass is 9.76. The number of hydrogen-bond acceptors (Lipinski definition) is 3. The molecule has 3 nitrogen and oxygen atoms in total. The molecule has 0 spiro atoms. The van der Waals surface area contributed by atoms with Gasteiger partial charge in [-0.1, -0.05) is 69.3 Å². The highest BCUT2D eigenvalue weighted by Gasteiger charge is 2.48. The predicted molar refractivity (Wildman–Crippen MR) is 109 cm³/mol. The molecule has 0 fully saturated rings. The number of nitrogens with zero attached hydrogens (tertiary/aromatic N) is 1. The molecule has 140 valence electrons. The van der Waals surface area contributed by atoms with Gasteiger partial charge in [-0.2, -0.15) is 0 Å². The highest BCUT2D eigenvalue weighted by atomic mass is 35.5. The second kappa shape index (κ2) is 8.70. The molecule has 4 heteroatoms. The second-order valence-electron chi connectivity index (χ2n) is 6.51. The Morgan fingerprint density at radius 1 is 0.923 bits per heavy atom. The van der Waals surface area contributed by atoms with Crippen LogP contribution in [0.25, 0.3) is 11.1 Å². The molecule has 0 saturated carbocycles. The van der Waals surface area contributed by atoms with E-state index in [1.165, 1.54) is 0 Å². The Labute approximate surface area is 162 Å². The van der Waals surface area contributed by atoms with Crippen LogP contribution in [0.3, 0.4) is 0 Å². The van der Waals surface area contributed by atoms with E-state index in [-0.39, 0.29) is 18.4 Å². The van der Waals surface area contributed by atoms with Gasteiger partial charge in [0.25, 0.3) is 0 Å². The summed E-state index contributed by atoms with van der Waals surface area (Å²) in [6.45, 7) is 9.49. The SMILES string of the molecule is CCN(CC)CCOC(=O)C1(CC)c2ccccc2-c2ccccc21.Cl. The second-order valence-corrected chi connectivity index (χ2v) is 6.51. The zero-order valence-electron chi connectivity index (χ0n) is 15.8.